The monoisotopic (exact) mass is 411 g/mol. The van der Waals surface area contributed by atoms with Gasteiger partial charge in [-0.25, -0.2) is 0 Å². The molecule has 0 saturated carbocycles. The maximum Gasteiger partial charge on any atom is 0.238 e. The Balaban J connectivity index is 1.91. The number of hydrogen-bond donors (Lipinski definition) is 2. The summed E-state index contributed by atoms with van der Waals surface area (Å²) >= 11 is 24.2. The quantitative estimate of drug-likeness (QED) is 0.688. The van der Waals surface area contributed by atoms with Crippen molar-refractivity contribution in [3.63, 3.8) is 0 Å². The average molecular weight is 413 g/mol. The van der Waals surface area contributed by atoms with E-state index in [1.807, 2.05) is 0 Å². The molecule has 0 aromatic heterocycles. The van der Waals surface area contributed by atoms with Gasteiger partial charge in [0.2, 0.25) is 5.91 Å². The Morgan fingerprint density at radius 2 is 1.71 bits per heavy atom. The Morgan fingerprint density at radius 1 is 1.17 bits per heavy atom. The van der Waals surface area contributed by atoms with Gasteiger partial charge >= 0.3 is 0 Å². The Labute approximate surface area is 162 Å². The molecule has 0 aliphatic carbocycles. The van der Waals surface area contributed by atoms with Gasteiger partial charge in [0.05, 0.1) is 32.3 Å². The molecule has 1 fully saturated rings. The molecule has 0 atom stereocenters. The van der Waals surface area contributed by atoms with Crippen molar-refractivity contribution >= 4 is 58.0 Å². The molecular formula is C16H21Cl4N3O. The number of nitrogens with zero attached hydrogens (tertiary/aromatic N) is 1. The molecule has 1 aliphatic rings. The van der Waals surface area contributed by atoms with Gasteiger partial charge in [-0.2, -0.15) is 0 Å². The summed E-state index contributed by atoms with van der Waals surface area (Å²) < 4.78 is 0. The van der Waals surface area contributed by atoms with Crippen LogP contribution in [0.2, 0.25) is 20.1 Å². The molecule has 1 saturated heterocycles. The molecule has 1 amide bonds. The normalized spacial score (nSPS) is 16.6. The second-order valence-electron chi connectivity index (χ2n) is 6.26. The number of hydrogen-bond acceptors (Lipinski definition) is 3. The minimum Gasteiger partial charge on any atom is -0.322 e. The van der Waals surface area contributed by atoms with Crippen molar-refractivity contribution in [2.45, 2.75) is 38.8 Å². The topological polar surface area (TPSA) is 44.4 Å². The molecule has 0 radical (unpaired) electrons. The Kier molecular flexibility index (Phi) is 7.47. The molecule has 0 bridgehead atoms. The first kappa shape index (κ1) is 20.1. The predicted octanol–water partition coefficient (Wildman–Crippen LogP) is 4.70. The van der Waals surface area contributed by atoms with Crippen molar-refractivity contribution < 1.29 is 4.79 Å². The maximum absolute atomic E-state index is 12.3. The molecule has 0 spiro atoms. The standard InChI is InChI=1S/C16H21Cl4N3O/c1-9(2)21-10-3-5-23(6-4-10)8-13(24)22-16-14(19)11(17)7-12(18)15(16)20/h7,9-10,21H,3-6,8H2,1-2H3,(H,22,24). The van der Waals surface area contributed by atoms with Gasteiger partial charge in [-0.3, -0.25) is 9.69 Å². The third-order valence-corrected chi connectivity index (χ3v) is 5.47. The SMILES string of the molecule is CC(C)NC1CCN(CC(=O)Nc2c(Cl)c(Cl)cc(Cl)c2Cl)CC1. The molecule has 2 N–H and O–H groups in total. The third kappa shape index (κ3) is 5.38. The van der Waals surface area contributed by atoms with E-state index in [9.17, 15) is 4.79 Å². The van der Waals surface area contributed by atoms with Gasteiger partial charge in [-0.15, -0.1) is 0 Å². The van der Waals surface area contributed by atoms with Gasteiger partial charge in [0.15, 0.2) is 0 Å². The van der Waals surface area contributed by atoms with E-state index < -0.39 is 0 Å². The number of halogens is 4. The van der Waals surface area contributed by atoms with Gasteiger partial charge in [-0.1, -0.05) is 60.3 Å². The minimum atomic E-state index is -0.188. The lowest BCUT2D eigenvalue weighted by Crippen LogP contribution is -2.46. The first-order chi connectivity index (χ1) is 11.3. The second kappa shape index (κ2) is 8.93. The Morgan fingerprint density at radius 3 is 2.21 bits per heavy atom. The molecule has 4 nitrogen and oxygen atoms in total. The number of carbonyl (C=O) groups excluding carboxylic acids is 1. The highest BCUT2D eigenvalue weighted by molar-refractivity contribution is 6.50. The number of rotatable bonds is 5. The molecule has 8 heteroatoms. The fourth-order valence-corrected chi connectivity index (χ4v) is 3.70. The first-order valence-electron chi connectivity index (χ1n) is 7.89. The van der Waals surface area contributed by atoms with Crippen LogP contribution >= 0.6 is 46.4 Å². The van der Waals surface area contributed by atoms with E-state index in [-0.39, 0.29) is 38.2 Å². The highest BCUT2D eigenvalue weighted by Gasteiger charge is 2.22. The van der Waals surface area contributed by atoms with Crippen molar-refractivity contribution in [1.82, 2.24) is 10.2 Å². The number of likely N-dealkylation sites (tertiary alicyclic amines) is 1. The van der Waals surface area contributed by atoms with E-state index in [1.165, 1.54) is 6.07 Å². The number of benzene rings is 1. The van der Waals surface area contributed by atoms with Crippen molar-refractivity contribution in [3.05, 3.63) is 26.2 Å². The van der Waals surface area contributed by atoms with Gasteiger partial charge in [0.25, 0.3) is 0 Å². The molecule has 24 heavy (non-hydrogen) atoms. The van der Waals surface area contributed by atoms with Crippen LogP contribution in [-0.4, -0.2) is 42.5 Å². The van der Waals surface area contributed by atoms with Gasteiger partial charge < -0.3 is 10.6 Å². The average Bonchev–Trinajstić information content (AvgIpc) is 2.51. The van der Waals surface area contributed by atoms with Crippen molar-refractivity contribution in [1.29, 1.82) is 0 Å². The van der Waals surface area contributed by atoms with Crippen molar-refractivity contribution in [2.24, 2.45) is 0 Å². The molecule has 1 aromatic rings. The van der Waals surface area contributed by atoms with Gasteiger partial charge in [0, 0.05) is 25.2 Å². The van der Waals surface area contributed by atoms with Crippen LogP contribution in [0.1, 0.15) is 26.7 Å². The summed E-state index contributed by atoms with van der Waals surface area (Å²) in [4.78, 5) is 14.4. The minimum absolute atomic E-state index is 0.188. The Bertz CT molecular complexity index is 575. The van der Waals surface area contributed by atoms with E-state index in [0.717, 1.165) is 25.9 Å². The van der Waals surface area contributed by atoms with Crippen molar-refractivity contribution in [2.75, 3.05) is 25.0 Å². The van der Waals surface area contributed by atoms with Crippen molar-refractivity contribution in [3.8, 4) is 0 Å². The predicted molar refractivity (Wildman–Crippen MR) is 103 cm³/mol. The number of amides is 1. The van der Waals surface area contributed by atoms with E-state index >= 15 is 0 Å². The lowest BCUT2D eigenvalue weighted by atomic mass is 10.0. The van der Waals surface area contributed by atoms with Crippen LogP contribution < -0.4 is 10.6 Å². The maximum atomic E-state index is 12.3. The zero-order valence-corrected chi connectivity index (χ0v) is 16.7. The zero-order valence-electron chi connectivity index (χ0n) is 13.6. The number of nitrogens with one attached hydrogen (secondary N) is 2. The first-order valence-corrected chi connectivity index (χ1v) is 9.40. The Hall–Kier alpha value is -0.230. The molecule has 1 aliphatic heterocycles. The summed E-state index contributed by atoms with van der Waals surface area (Å²) in [5, 5.41) is 7.14. The van der Waals surface area contributed by atoms with E-state index in [0.29, 0.717) is 12.1 Å². The number of anilines is 1. The lowest BCUT2D eigenvalue weighted by molar-refractivity contribution is -0.117. The highest BCUT2D eigenvalue weighted by atomic mass is 35.5. The largest absolute Gasteiger partial charge is 0.322 e. The molecule has 0 unspecified atom stereocenters. The summed E-state index contributed by atoms with van der Waals surface area (Å²) in [6.45, 7) is 6.31. The second-order valence-corrected chi connectivity index (χ2v) is 7.83. The summed E-state index contributed by atoms with van der Waals surface area (Å²) in [6, 6.07) is 2.44. The van der Waals surface area contributed by atoms with E-state index in [1.54, 1.807) is 0 Å². The highest BCUT2D eigenvalue weighted by Crippen LogP contribution is 2.40. The fourth-order valence-electron chi connectivity index (χ4n) is 2.79. The van der Waals surface area contributed by atoms with Crippen LogP contribution in [0, 0.1) is 0 Å². The smallest absolute Gasteiger partial charge is 0.238 e. The van der Waals surface area contributed by atoms with Crippen LogP contribution in [0.25, 0.3) is 0 Å². The third-order valence-electron chi connectivity index (χ3n) is 3.90. The van der Waals surface area contributed by atoms with Crippen LogP contribution in [0.4, 0.5) is 5.69 Å². The lowest BCUT2D eigenvalue weighted by Gasteiger charge is -2.33. The number of piperidine rings is 1. The van der Waals surface area contributed by atoms with Crippen LogP contribution in [0.5, 0.6) is 0 Å². The zero-order chi connectivity index (χ0) is 17.9. The van der Waals surface area contributed by atoms with E-state index in [2.05, 4.69) is 29.4 Å². The summed E-state index contributed by atoms with van der Waals surface area (Å²) in [5.41, 5.74) is 0.261. The molecular weight excluding hydrogens is 392 g/mol. The summed E-state index contributed by atoms with van der Waals surface area (Å²) in [7, 11) is 0. The van der Waals surface area contributed by atoms with Gasteiger partial charge in [0.1, 0.15) is 0 Å². The van der Waals surface area contributed by atoms with E-state index in [4.69, 9.17) is 46.4 Å². The summed E-state index contributed by atoms with van der Waals surface area (Å²) in [6.07, 6.45) is 2.05. The van der Waals surface area contributed by atoms with Gasteiger partial charge in [-0.05, 0) is 18.9 Å². The van der Waals surface area contributed by atoms with Crippen LogP contribution in [-0.2, 0) is 4.79 Å². The molecule has 1 heterocycles. The molecule has 1 aromatic carbocycles. The van der Waals surface area contributed by atoms with Crippen LogP contribution in [0.3, 0.4) is 0 Å². The summed E-state index contributed by atoms with van der Waals surface area (Å²) in [5.74, 6) is -0.188. The number of carbonyl (C=O) groups is 1. The molecule has 2 rings (SSSR count). The molecule has 134 valence electrons. The fraction of sp³-hybridized carbons (Fsp3) is 0.562. The van der Waals surface area contributed by atoms with Crippen LogP contribution in [0.15, 0.2) is 6.07 Å².